The van der Waals surface area contributed by atoms with E-state index in [2.05, 4.69) is 17.1 Å². The molecule has 3 nitrogen and oxygen atoms in total. The molecule has 0 spiro atoms. The molecule has 1 aromatic rings. The lowest BCUT2D eigenvalue weighted by molar-refractivity contribution is -0.132. The highest BCUT2D eigenvalue weighted by atomic mass is 16.2. The van der Waals surface area contributed by atoms with Crippen LogP contribution in [0.25, 0.3) is 0 Å². The van der Waals surface area contributed by atoms with Gasteiger partial charge in [0.15, 0.2) is 0 Å². The smallest absolute Gasteiger partial charge is 0.245 e. The Morgan fingerprint density at radius 2 is 1.89 bits per heavy atom. The Balaban J connectivity index is 1.75. The normalized spacial score (nSPS) is 31.7. The SMILES string of the molecule is CC1CCCCC1N1CNC(c2ccccc2)C1=O. The third-order valence-corrected chi connectivity index (χ3v) is 4.60. The summed E-state index contributed by atoms with van der Waals surface area (Å²) in [6.07, 6.45) is 4.99. The molecule has 0 aromatic heterocycles. The summed E-state index contributed by atoms with van der Waals surface area (Å²) >= 11 is 0. The van der Waals surface area contributed by atoms with Crippen LogP contribution in [0.2, 0.25) is 0 Å². The fourth-order valence-electron chi connectivity index (χ4n) is 3.47. The first-order valence-corrected chi connectivity index (χ1v) is 7.36. The highest BCUT2D eigenvalue weighted by molar-refractivity contribution is 5.85. The lowest BCUT2D eigenvalue weighted by atomic mass is 9.85. The molecule has 1 aliphatic heterocycles. The molecule has 0 radical (unpaired) electrons. The average molecular weight is 258 g/mol. The van der Waals surface area contributed by atoms with Gasteiger partial charge in [-0.1, -0.05) is 50.1 Å². The maximum absolute atomic E-state index is 12.6. The highest BCUT2D eigenvalue weighted by Crippen LogP contribution is 2.32. The van der Waals surface area contributed by atoms with E-state index in [1.165, 1.54) is 19.3 Å². The third kappa shape index (κ3) is 2.39. The Morgan fingerprint density at radius 3 is 2.63 bits per heavy atom. The van der Waals surface area contributed by atoms with Crippen LogP contribution in [0.15, 0.2) is 30.3 Å². The predicted molar refractivity (Wildman–Crippen MR) is 75.5 cm³/mol. The summed E-state index contributed by atoms with van der Waals surface area (Å²) in [5.74, 6) is 0.888. The van der Waals surface area contributed by atoms with Gasteiger partial charge in [0.2, 0.25) is 5.91 Å². The van der Waals surface area contributed by atoms with Gasteiger partial charge in [0, 0.05) is 6.04 Å². The summed E-state index contributed by atoms with van der Waals surface area (Å²) < 4.78 is 0. The molecule has 1 heterocycles. The number of hydrogen-bond donors (Lipinski definition) is 1. The average Bonchev–Trinajstić information content (AvgIpc) is 2.82. The molecule has 3 atom stereocenters. The first-order chi connectivity index (χ1) is 9.27. The molecule has 3 heteroatoms. The minimum atomic E-state index is -0.143. The van der Waals surface area contributed by atoms with Crippen LogP contribution < -0.4 is 5.32 Å². The Labute approximate surface area is 115 Å². The van der Waals surface area contributed by atoms with Crippen molar-refractivity contribution >= 4 is 5.91 Å². The number of nitrogens with one attached hydrogen (secondary N) is 1. The van der Waals surface area contributed by atoms with Gasteiger partial charge in [-0.05, 0) is 24.3 Å². The Kier molecular flexibility index (Phi) is 3.56. The van der Waals surface area contributed by atoms with Crippen molar-refractivity contribution in [3.05, 3.63) is 35.9 Å². The van der Waals surface area contributed by atoms with Crippen molar-refractivity contribution in [1.29, 1.82) is 0 Å². The quantitative estimate of drug-likeness (QED) is 0.884. The van der Waals surface area contributed by atoms with E-state index < -0.39 is 0 Å². The van der Waals surface area contributed by atoms with E-state index in [1.54, 1.807) is 0 Å². The lowest BCUT2D eigenvalue weighted by Gasteiger charge is -2.35. The van der Waals surface area contributed by atoms with Crippen LogP contribution in [0.1, 0.15) is 44.2 Å². The summed E-state index contributed by atoms with van der Waals surface area (Å²) in [7, 11) is 0. The number of nitrogens with zero attached hydrogens (tertiary/aromatic N) is 1. The largest absolute Gasteiger partial charge is 0.325 e. The molecular formula is C16H22N2O. The van der Waals surface area contributed by atoms with Gasteiger partial charge in [-0.2, -0.15) is 0 Å². The number of benzene rings is 1. The molecule has 3 unspecified atom stereocenters. The van der Waals surface area contributed by atoms with Gasteiger partial charge in [0.25, 0.3) is 0 Å². The molecule has 3 rings (SSSR count). The highest BCUT2D eigenvalue weighted by Gasteiger charge is 2.38. The van der Waals surface area contributed by atoms with Crippen LogP contribution >= 0.6 is 0 Å². The second-order valence-electron chi connectivity index (χ2n) is 5.84. The number of carbonyl (C=O) groups excluding carboxylic acids is 1. The van der Waals surface area contributed by atoms with Gasteiger partial charge in [0.05, 0.1) is 6.67 Å². The molecule has 2 aliphatic rings. The number of rotatable bonds is 2. The van der Waals surface area contributed by atoms with Gasteiger partial charge < -0.3 is 4.90 Å². The molecule has 1 aliphatic carbocycles. The Morgan fingerprint density at radius 1 is 1.16 bits per heavy atom. The van der Waals surface area contributed by atoms with Crippen LogP contribution in [0, 0.1) is 5.92 Å². The van der Waals surface area contributed by atoms with E-state index in [0.717, 1.165) is 12.0 Å². The topological polar surface area (TPSA) is 32.3 Å². The van der Waals surface area contributed by atoms with Crippen molar-refractivity contribution < 1.29 is 4.79 Å². The van der Waals surface area contributed by atoms with Crippen LogP contribution in [0.3, 0.4) is 0 Å². The Hall–Kier alpha value is -1.35. The van der Waals surface area contributed by atoms with Crippen LogP contribution in [-0.2, 0) is 4.79 Å². The van der Waals surface area contributed by atoms with Gasteiger partial charge in [-0.25, -0.2) is 0 Å². The van der Waals surface area contributed by atoms with E-state index in [9.17, 15) is 4.79 Å². The van der Waals surface area contributed by atoms with Gasteiger partial charge in [-0.15, -0.1) is 0 Å². The fraction of sp³-hybridized carbons (Fsp3) is 0.562. The number of hydrogen-bond acceptors (Lipinski definition) is 2. The monoisotopic (exact) mass is 258 g/mol. The first kappa shape index (κ1) is 12.7. The zero-order valence-corrected chi connectivity index (χ0v) is 11.5. The molecule has 1 amide bonds. The molecule has 1 saturated carbocycles. The Bertz CT molecular complexity index is 445. The zero-order valence-electron chi connectivity index (χ0n) is 11.5. The molecular weight excluding hydrogens is 236 g/mol. The molecule has 0 bridgehead atoms. The van der Waals surface area contributed by atoms with E-state index in [4.69, 9.17) is 0 Å². The predicted octanol–water partition coefficient (Wildman–Crippen LogP) is 2.70. The number of amides is 1. The van der Waals surface area contributed by atoms with Crippen LogP contribution in [0.4, 0.5) is 0 Å². The van der Waals surface area contributed by atoms with Gasteiger partial charge in [-0.3, -0.25) is 10.1 Å². The summed E-state index contributed by atoms with van der Waals surface area (Å²) in [4.78, 5) is 14.7. The molecule has 19 heavy (non-hydrogen) atoms. The van der Waals surface area contributed by atoms with Crippen LogP contribution in [0.5, 0.6) is 0 Å². The van der Waals surface area contributed by atoms with Crippen molar-refractivity contribution in [2.24, 2.45) is 5.92 Å². The summed E-state index contributed by atoms with van der Waals surface area (Å²) in [6.45, 7) is 2.99. The van der Waals surface area contributed by atoms with Crippen molar-refractivity contribution in [2.45, 2.75) is 44.7 Å². The minimum Gasteiger partial charge on any atom is -0.325 e. The second-order valence-corrected chi connectivity index (χ2v) is 5.84. The van der Waals surface area contributed by atoms with Gasteiger partial charge in [0.1, 0.15) is 6.04 Å². The molecule has 1 saturated heterocycles. The summed E-state index contributed by atoms with van der Waals surface area (Å²) in [6, 6.07) is 10.3. The standard InChI is InChI=1S/C16H22N2O/c1-12-7-5-6-10-14(12)18-11-17-15(16(18)19)13-8-3-2-4-9-13/h2-4,8-9,12,14-15,17H,5-7,10-11H2,1H3. The summed E-state index contributed by atoms with van der Waals surface area (Å²) in [5.41, 5.74) is 1.08. The number of carbonyl (C=O) groups is 1. The van der Waals surface area contributed by atoms with Crippen LogP contribution in [-0.4, -0.2) is 23.5 Å². The maximum Gasteiger partial charge on any atom is 0.245 e. The zero-order chi connectivity index (χ0) is 13.2. The molecule has 1 aromatic carbocycles. The van der Waals surface area contributed by atoms with Crippen molar-refractivity contribution in [1.82, 2.24) is 10.2 Å². The van der Waals surface area contributed by atoms with Crippen molar-refractivity contribution in [3.8, 4) is 0 Å². The van der Waals surface area contributed by atoms with Crippen molar-refractivity contribution in [2.75, 3.05) is 6.67 Å². The molecule has 2 fully saturated rings. The lowest BCUT2D eigenvalue weighted by Crippen LogP contribution is -2.43. The van der Waals surface area contributed by atoms with E-state index in [-0.39, 0.29) is 11.9 Å². The van der Waals surface area contributed by atoms with Gasteiger partial charge >= 0.3 is 0 Å². The van der Waals surface area contributed by atoms with E-state index in [1.807, 2.05) is 30.3 Å². The second kappa shape index (κ2) is 5.33. The molecule has 1 N–H and O–H groups in total. The third-order valence-electron chi connectivity index (χ3n) is 4.60. The molecule has 102 valence electrons. The van der Waals surface area contributed by atoms with E-state index in [0.29, 0.717) is 18.6 Å². The summed E-state index contributed by atoms with van der Waals surface area (Å²) in [5, 5.41) is 3.37. The maximum atomic E-state index is 12.6. The fourth-order valence-corrected chi connectivity index (χ4v) is 3.47. The first-order valence-electron chi connectivity index (χ1n) is 7.36. The van der Waals surface area contributed by atoms with E-state index >= 15 is 0 Å². The minimum absolute atomic E-state index is 0.143. The van der Waals surface area contributed by atoms with Crippen molar-refractivity contribution in [3.63, 3.8) is 0 Å².